The fourth-order valence-corrected chi connectivity index (χ4v) is 2.90. The van der Waals surface area contributed by atoms with Gasteiger partial charge in [0.05, 0.1) is 6.04 Å². The molecule has 3 nitrogen and oxygen atoms in total. The summed E-state index contributed by atoms with van der Waals surface area (Å²) in [5.74, 6) is -0.0446. The zero-order chi connectivity index (χ0) is 13.4. The van der Waals surface area contributed by atoms with E-state index in [0.717, 1.165) is 24.8 Å². The number of halogens is 1. The SMILES string of the molecule is CCC1NC(c2ccc(F)cc2)N(C2CCC2)C1=O. The molecule has 1 aliphatic heterocycles. The highest BCUT2D eigenvalue weighted by Crippen LogP contribution is 2.35. The highest BCUT2D eigenvalue weighted by atomic mass is 19.1. The standard InChI is InChI=1S/C15H19FN2O/c1-2-13-15(19)18(12-4-3-5-12)14(17-13)10-6-8-11(16)9-7-10/h6-9,12-14,17H,2-5H2,1H3. The molecule has 1 heterocycles. The maximum atomic E-state index is 13.0. The second-order valence-corrected chi connectivity index (χ2v) is 5.41. The first kappa shape index (κ1) is 12.6. The summed E-state index contributed by atoms with van der Waals surface area (Å²) >= 11 is 0. The molecule has 1 N–H and O–H groups in total. The van der Waals surface area contributed by atoms with Crippen molar-refractivity contribution in [2.45, 2.75) is 50.9 Å². The third-order valence-electron chi connectivity index (χ3n) is 4.25. The van der Waals surface area contributed by atoms with Crippen LogP contribution in [0.1, 0.15) is 44.3 Å². The van der Waals surface area contributed by atoms with Crippen LogP contribution in [-0.4, -0.2) is 22.9 Å². The normalized spacial score (nSPS) is 27.7. The van der Waals surface area contributed by atoms with Crippen molar-refractivity contribution >= 4 is 5.91 Å². The Bertz CT molecular complexity index is 470. The molecule has 0 bridgehead atoms. The van der Waals surface area contributed by atoms with Gasteiger partial charge in [-0.1, -0.05) is 19.1 Å². The summed E-state index contributed by atoms with van der Waals surface area (Å²) in [7, 11) is 0. The zero-order valence-electron chi connectivity index (χ0n) is 11.1. The lowest BCUT2D eigenvalue weighted by atomic mass is 9.90. The van der Waals surface area contributed by atoms with Crippen LogP contribution in [0.5, 0.6) is 0 Å². The number of benzene rings is 1. The molecule has 1 amide bonds. The second-order valence-electron chi connectivity index (χ2n) is 5.41. The van der Waals surface area contributed by atoms with Crippen molar-refractivity contribution in [3.8, 4) is 0 Å². The Morgan fingerprint density at radius 2 is 2.00 bits per heavy atom. The number of carbonyl (C=O) groups excluding carboxylic acids is 1. The van der Waals surface area contributed by atoms with E-state index in [0.29, 0.717) is 6.04 Å². The van der Waals surface area contributed by atoms with Crippen molar-refractivity contribution in [3.05, 3.63) is 35.6 Å². The highest BCUT2D eigenvalue weighted by Gasteiger charge is 2.43. The minimum atomic E-state index is -0.240. The number of amides is 1. The Kier molecular flexibility index (Phi) is 3.27. The van der Waals surface area contributed by atoms with Crippen LogP contribution in [0, 0.1) is 5.82 Å². The lowest BCUT2D eigenvalue weighted by molar-refractivity contribution is -0.134. The molecular weight excluding hydrogens is 243 g/mol. The van der Waals surface area contributed by atoms with Crippen molar-refractivity contribution < 1.29 is 9.18 Å². The van der Waals surface area contributed by atoms with Crippen LogP contribution in [0.25, 0.3) is 0 Å². The predicted molar refractivity (Wildman–Crippen MR) is 70.8 cm³/mol. The third kappa shape index (κ3) is 2.14. The van der Waals surface area contributed by atoms with Crippen molar-refractivity contribution in [2.75, 3.05) is 0 Å². The van der Waals surface area contributed by atoms with Gasteiger partial charge in [-0.15, -0.1) is 0 Å². The van der Waals surface area contributed by atoms with Crippen molar-refractivity contribution in [3.63, 3.8) is 0 Å². The van der Waals surface area contributed by atoms with Crippen LogP contribution in [0.3, 0.4) is 0 Å². The van der Waals surface area contributed by atoms with Crippen molar-refractivity contribution in [2.24, 2.45) is 0 Å². The molecule has 1 aromatic carbocycles. The Balaban J connectivity index is 1.89. The summed E-state index contributed by atoms with van der Waals surface area (Å²) in [5, 5.41) is 3.38. The molecule has 19 heavy (non-hydrogen) atoms. The van der Waals surface area contributed by atoms with Gasteiger partial charge < -0.3 is 4.90 Å². The zero-order valence-corrected chi connectivity index (χ0v) is 11.1. The monoisotopic (exact) mass is 262 g/mol. The summed E-state index contributed by atoms with van der Waals surface area (Å²) in [6, 6.07) is 6.70. The summed E-state index contributed by atoms with van der Waals surface area (Å²) in [5.41, 5.74) is 0.970. The Hall–Kier alpha value is -1.42. The molecule has 2 unspecified atom stereocenters. The first-order valence-corrected chi connectivity index (χ1v) is 7.04. The smallest absolute Gasteiger partial charge is 0.241 e. The Morgan fingerprint density at radius 3 is 2.53 bits per heavy atom. The van der Waals surface area contributed by atoms with Crippen molar-refractivity contribution in [1.29, 1.82) is 0 Å². The molecule has 1 saturated carbocycles. The van der Waals surface area contributed by atoms with Gasteiger partial charge in [0.25, 0.3) is 0 Å². The van der Waals surface area contributed by atoms with Crippen LogP contribution < -0.4 is 5.32 Å². The van der Waals surface area contributed by atoms with Gasteiger partial charge in [0.2, 0.25) is 5.91 Å². The van der Waals surface area contributed by atoms with E-state index in [4.69, 9.17) is 0 Å². The fraction of sp³-hybridized carbons (Fsp3) is 0.533. The average Bonchev–Trinajstić information content (AvgIpc) is 2.67. The summed E-state index contributed by atoms with van der Waals surface area (Å²) in [6.45, 7) is 2.02. The molecular formula is C15H19FN2O. The average molecular weight is 262 g/mol. The van der Waals surface area contributed by atoms with Crippen LogP contribution in [0.4, 0.5) is 4.39 Å². The number of rotatable bonds is 3. The van der Waals surface area contributed by atoms with Gasteiger partial charge in [-0.25, -0.2) is 4.39 Å². The molecule has 0 aromatic heterocycles. The van der Waals surface area contributed by atoms with Gasteiger partial charge in [0.1, 0.15) is 12.0 Å². The molecule has 2 atom stereocenters. The fourth-order valence-electron chi connectivity index (χ4n) is 2.90. The predicted octanol–water partition coefficient (Wildman–Crippen LogP) is 2.59. The van der Waals surface area contributed by atoms with Gasteiger partial charge in [-0.05, 0) is 43.4 Å². The molecule has 1 saturated heterocycles. The van der Waals surface area contributed by atoms with E-state index < -0.39 is 0 Å². The third-order valence-corrected chi connectivity index (χ3v) is 4.25. The number of carbonyl (C=O) groups is 1. The molecule has 4 heteroatoms. The number of nitrogens with zero attached hydrogens (tertiary/aromatic N) is 1. The number of hydrogen-bond donors (Lipinski definition) is 1. The van der Waals surface area contributed by atoms with E-state index in [9.17, 15) is 9.18 Å². The lowest BCUT2D eigenvalue weighted by Crippen LogP contribution is -2.44. The van der Waals surface area contributed by atoms with E-state index in [1.807, 2.05) is 11.8 Å². The van der Waals surface area contributed by atoms with Gasteiger partial charge in [-0.2, -0.15) is 0 Å². The molecule has 0 spiro atoms. The summed E-state index contributed by atoms with van der Waals surface area (Å²) < 4.78 is 13.0. The summed E-state index contributed by atoms with van der Waals surface area (Å²) in [6.07, 6.45) is 4.06. The largest absolute Gasteiger partial charge is 0.319 e. The maximum absolute atomic E-state index is 13.0. The van der Waals surface area contributed by atoms with Crippen LogP contribution in [-0.2, 0) is 4.79 Å². The van der Waals surface area contributed by atoms with Crippen LogP contribution in [0.2, 0.25) is 0 Å². The van der Waals surface area contributed by atoms with Crippen LogP contribution in [0.15, 0.2) is 24.3 Å². The Morgan fingerprint density at radius 1 is 1.32 bits per heavy atom. The van der Waals surface area contributed by atoms with E-state index in [-0.39, 0.29) is 23.9 Å². The van der Waals surface area contributed by atoms with Crippen LogP contribution >= 0.6 is 0 Å². The van der Waals surface area contributed by atoms with Gasteiger partial charge >= 0.3 is 0 Å². The Labute approximate surface area is 112 Å². The second kappa shape index (κ2) is 4.93. The summed E-state index contributed by atoms with van der Waals surface area (Å²) in [4.78, 5) is 14.4. The van der Waals surface area contributed by atoms with Crippen molar-refractivity contribution in [1.82, 2.24) is 10.2 Å². The minimum Gasteiger partial charge on any atom is -0.319 e. The minimum absolute atomic E-state index is 0.0941. The molecule has 102 valence electrons. The topological polar surface area (TPSA) is 32.3 Å². The molecule has 1 aliphatic carbocycles. The molecule has 0 radical (unpaired) electrons. The van der Waals surface area contributed by atoms with E-state index in [2.05, 4.69) is 5.32 Å². The van der Waals surface area contributed by atoms with E-state index in [1.54, 1.807) is 12.1 Å². The first-order valence-electron chi connectivity index (χ1n) is 7.04. The van der Waals surface area contributed by atoms with Gasteiger partial charge in [0.15, 0.2) is 0 Å². The number of nitrogens with one attached hydrogen (secondary N) is 1. The highest BCUT2D eigenvalue weighted by molar-refractivity contribution is 5.85. The van der Waals surface area contributed by atoms with Gasteiger partial charge in [-0.3, -0.25) is 10.1 Å². The quantitative estimate of drug-likeness (QED) is 0.908. The lowest BCUT2D eigenvalue weighted by Gasteiger charge is -2.38. The number of hydrogen-bond acceptors (Lipinski definition) is 2. The maximum Gasteiger partial charge on any atom is 0.241 e. The van der Waals surface area contributed by atoms with E-state index >= 15 is 0 Å². The van der Waals surface area contributed by atoms with Gasteiger partial charge in [0, 0.05) is 6.04 Å². The molecule has 3 rings (SSSR count). The molecule has 1 aromatic rings. The molecule has 2 fully saturated rings. The van der Waals surface area contributed by atoms with E-state index in [1.165, 1.54) is 18.6 Å². The molecule has 2 aliphatic rings. The first-order chi connectivity index (χ1) is 9.20.